The average molecular weight is 463 g/mol. The average Bonchev–Trinajstić information content (AvgIpc) is 2.82. The zero-order chi connectivity index (χ0) is 23.8. The maximum absolute atomic E-state index is 14.8. The van der Waals surface area contributed by atoms with Gasteiger partial charge in [0, 0.05) is 12.5 Å². The molecule has 0 aliphatic heterocycles. The van der Waals surface area contributed by atoms with Crippen LogP contribution in [0.4, 0.5) is 4.39 Å². The summed E-state index contributed by atoms with van der Waals surface area (Å²) in [6.07, 6.45) is 32.4. The summed E-state index contributed by atoms with van der Waals surface area (Å²) in [4.78, 5) is 0. The molecule has 0 saturated heterocycles. The van der Waals surface area contributed by atoms with Crippen molar-refractivity contribution in [3.05, 3.63) is 29.8 Å². The summed E-state index contributed by atoms with van der Waals surface area (Å²) < 4.78 is 16.7. The Bertz CT molecular complexity index is 542. The fourth-order valence-corrected chi connectivity index (χ4v) is 4.87. The number of unbranched alkanes of at least 4 members (excludes halogenated alkanes) is 20. The van der Waals surface area contributed by atoms with E-state index in [0.717, 1.165) is 31.4 Å². The summed E-state index contributed by atoms with van der Waals surface area (Å²) >= 11 is 0. The molecule has 0 aromatic carbocycles. The van der Waals surface area contributed by atoms with Gasteiger partial charge in [-0.15, -0.1) is 4.39 Å². The second-order valence-corrected chi connectivity index (χ2v) is 10.3. The Morgan fingerprint density at radius 3 is 1.39 bits per heavy atom. The van der Waals surface area contributed by atoms with Crippen molar-refractivity contribution in [2.24, 2.45) is 0 Å². The summed E-state index contributed by atoms with van der Waals surface area (Å²) in [6, 6.07) is 4.02. The van der Waals surface area contributed by atoms with E-state index in [2.05, 4.69) is 13.8 Å². The molecule has 0 atom stereocenters. The lowest BCUT2D eigenvalue weighted by Crippen LogP contribution is -2.38. The van der Waals surface area contributed by atoms with Crippen LogP contribution < -0.4 is 4.57 Å². The minimum Gasteiger partial charge on any atom is -0.174 e. The molecule has 0 spiro atoms. The number of aromatic nitrogens is 1. The number of aryl methyl sites for hydroxylation is 2. The van der Waals surface area contributed by atoms with Crippen molar-refractivity contribution in [3.63, 3.8) is 0 Å². The highest BCUT2D eigenvalue weighted by Gasteiger charge is 2.14. The topological polar surface area (TPSA) is 3.88 Å². The van der Waals surface area contributed by atoms with E-state index >= 15 is 0 Å². The van der Waals surface area contributed by atoms with E-state index in [1.165, 1.54) is 128 Å². The summed E-state index contributed by atoms with van der Waals surface area (Å²) in [7, 11) is 0. The molecule has 0 bridgehead atoms. The van der Waals surface area contributed by atoms with E-state index in [1.54, 1.807) is 0 Å². The van der Waals surface area contributed by atoms with Gasteiger partial charge in [0.25, 0.3) is 0 Å². The van der Waals surface area contributed by atoms with Crippen LogP contribution in [0.15, 0.2) is 18.3 Å². The van der Waals surface area contributed by atoms with Gasteiger partial charge in [0.1, 0.15) is 0 Å². The first kappa shape index (κ1) is 30.1. The van der Waals surface area contributed by atoms with Crippen LogP contribution in [-0.4, -0.2) is 0 Å². The van der Waals surface area contributed by atoms with Gasteiger partial charge in [-0.1, -0.05) is 136 Å². The minimum absolute atomic E-state index is 0.00939. The van der Waals surface area contributed by atoms with E-state index in [0.29, 0.717) is 0 Å². The molecule has 1 aromatic heterocycles. The second-order valence-electron chi connectivity index (χ2n) is 10.3. The van der Waals surface area contributed by atoms with E-state index in [4.69, 9.17) is 0 Å². The molecule has 192 valence electrons. The molecule has 0 aliphatic rings. The fraction of sp³-hybridized carbons (Fsp3) is 0.839. The van der Waals surface area contributed by atoms with Gasteiger partial charge in [0.05, 0.1) is 5.56 Å². The first-order valence-electron chi connectivity index (χ1n) is 15.0. The molecule has 33 heavy (non-hydrogen) atoms. The Morgan fingerprint density at radius 1 is 0.545 bits per heavy atom. The molecular formula is C31H57FN+. The van der Waals surface area contributed by atoms with Crippen molar-refractivity contribution in [3.8, 4) is 0 Å². The highest BCUT2D eigenvalue weighted by Crippen LogP contribution is 2.15. The van der Waals surface area contributed by atoms with Crippen LogP contribution in [0.3, 0.4) is 0 Å². The minimum atomic E-state index is 0.00939. The molecule has 1 nitrogen and oxygen atoms in total. The Morgan fingerprint density at radius 2 is 0.939 bits per heavy atom. The van der Waals surface area contributed by atoms with E-state index in [9.17, 15) is 4.39 Å². The highest BCUT2D eigenvalue weighted by molar-refractivity contribution is 5.07. The Balaban J connectivity index is 2.00. The standard InChI is InChI=1S/C31H57FN/c1-3-5-7-9-11-13-14-15-16-17-18-19-21-23-26-30-27-25-29-33(31(30)32)28-24-22-20-12-10-8-6-4-2/h25,27,29H,3-24,26,28H2,1-2H3/q+1. The molecule has 0 radical (unpaired) electrons. The van der Waals surface area contributed by atoms with Crippen molar-refractivity contribution < 1.29 is 8.96 Å². The molecule has 0 aliphatic carbocycles. The Labute approximate surface area is 207 Å². The number of pyridine rings is 1. The molecule has 0 fully saturated rings. The maximum Gasteiger partial charge on any atom is 0.362 e. The van der Waals surface area contributed by atoms with Crippen molar-refractivity contribution in [1.29, 1.82) is 0 Å². The fourth-order valence-electron chi connectivity index (χ4n) is 4.87. The Hall–Kier alpha value is -0.920. The molecule has 1 heterocycles. The van der Waals surface area contributed by atoms with Gasteiger partial charge < -0.3 is 0 Å². The molecule has 2 heteroatoms. The molecule has 0 saturated carbocycles. The van der Waals surface area contributed by atoms with Crippen molar-refractivity contribution in [1.82, 2.24) is 0 Å². The zero-order valence-electron chi connectivity index (χ0n) is 22.5. The number of rotatable bonds is 24. The third-order valence-electron chi connectivity index (χ3n) is 7.13. The zero-order valence-corrected chi connectivity index (χ0v) is 22.5. The van der Waals surface area contributed by atoms with Crippen molar-refractivity contribution in [2.45, 2.75) is 168 Å². The van der Waals surface area contributed by atoms with Gasteiger partial charge in [-0.25, -0.2) is 0 Å². The number of hydrogen-bond acceptors (Lipinski definition) is 0. The van der Waals surface area contributed by atoms with Gasteiger partial charge >= 0.3 is 5.95 Å². The van der Waals surface area contributed by atoms with Crippen LogP contribution in [0, 0.1) is 5.95 Å². The predicted molar refractivity (Wildman–Crippen MR) is 143 cm³/mol. The lowest BCUT2D eigenvalue weighted by atomic mass is 10.0. The molecule has 1 aromatic rings. The molecule has 0 unspecified atom stereocenters. The lowest BCUT2D eigenvalue weighted by molar-refractivity contribution is -0.724. The number of nitrogens with zero attached hydrogens (tertiary/aromatic N) is 1. The first-order valence-corrected chi connectivity index (χ1v) is 15.0. The molecule has 0 amide bonds. The third kappa shape index (κ3) is 17.2. The molecular weight excluding hydrogens is 405 g/mol. The molecule has 1 rings (SSSR count). The van der Waals surface area contributed by atoms with Crippen LogP contribution in [0.25, 0.3) is 0 Å². The highest BCUT2D eigenvalue weighted by atomic mass is 19.1. The first-order chi connectivity index (χ1) is 16.3. The third-order valence-corrected chi connectivity index (χ3v) is 7.13. The van der Waals surface area contributed by atoms with Crippen LogP contribution in [0.2, 0.25) is 0 Å². The van der Waals surface area contributed by atoms with Crippen molar-refractivity contribution in [2.75, 3.05) is 0 Å². The van der Waals surface area contributed by atoms with Gasteiger partial charge in [0.2, 0.25) is 0 Å². The lowest BCUT2D eigenvalue weighted by Gasteiger charge is -2.05. The second kappa shape index (κ2) is 22.9. The normalized spacial score (nSPS) is 11.4. The van der Waals surface area contributed by atoms with Crippen LogP contribution in [-0.2, 0) is 13.0 Å². The van der Waals surface area contributed by atoms with Gasteiger partial charge in [0.15, 0.2) is 12.7 Å². The summed E-state index contributed by atoms with van der Waals surface area (Å²) in [5.74, 6) is 0.00939. The Kier molecular flexibility index (Phi) is 20.9. The maximum atomic E-state index is 14.8. The van der Waals surface area contributed by atoms with Crippen LogP contribution >= 0.6 is 0 Å². The monoisotopic (exact) mass is 462 g/mol. The number of halogens is 1. The SMILES string of the molecule is CCCCCCCCCCCCCCCCc1ccc[n+](CCCCCCCCCC)c1F. The summed E-state index contributed by atoms with van der Waals surface area (Å²) in [6.45, 7) is 5.38. The number of hydrogen-bond donors (Lipinski definition) is 0. The van der Waals surface area contributed by atoms with Crippen molar-refractivity contribution >= 4 is 0 Å². The van der Waals surface area contributed by atoms with Gasteiger partial charge in [-0.05, 0) is 25.3 Å². The summed E-state index contributed by atoms with van der Waals surface area (Å²) in [5, 5.41) is 0. The molecule has 0 N–H and O–H groups in total. The van der Waals surface area contributed by atoms with Crippen LogP contribution in [0.1, 0.15) is 161 Å². The van der Waals surface area contributed by atoms with Crippen LogP contribution in [0.5, 0.6) is 0 Å². The smallest absolute Gasteiger partial charge is 0.174 e. The van der Waals surface area contributed by atoms with E-state index in [-0.39, 0.29) is 5.95 Å². The predicted octanol–water partition coefficient (Wildman–Crippen LogP) is 10.3. The largest absolute Gasteiger partial charge is 0.362 e. The van der Waals surface area contributed by atoms with Gasteiger partial charge in [-0.3, -0.25) is 0 Å². The summed E-state index contributed by atoms with van der Waals surface area (Å²) in [5.41, 5.74) is 0.913. The van der Waals surface area contributed by atoms with Gasteiger partial charge in [-0.2, -0.15) is 4.57 Å². The quantitative estimate of drug-likeness (QED) is 0.0817. The van der Waals surface area contributed by atoms with E-state index in [1.807, 2.05) is 22.9 Å². The van der Waals surface area contributed by atoms with E-state index < -0.39 is 0 Å².